The molecule has 0 unspecified atom stereocenters. The van der Waals surface area contributed by atoms with Crippen LogP contribution >= 0.6 is 11.3 Å². The van der Waals surface area contributed by atoms with Gasteiger partial charge < -0.3 is 5.32 Å². The molecule has 0 fully saturated rings. The smallest absolute Gasteiger partial charge is 0.264 e. The standard InChI is InChI=1S/C14H13N3OS/c18-14-7-13(16-17-14)11-1-3-12(4-2-11)15-8-10-5-6-19-9-10/h1-7,9,15H,8H2,(H2,16,17,18). The summed E-state index contributed by atoms with van der Waals surface area (Å²) in [6.45, 7) is 0.823. The topological polar surface area (TPSA) is 60.7 Å². The lowest BCUT2D eigenvalue weighted by Gasteiger charge is -2.05. The Morgan fingerprint density at radius 3 is 2.58 bits per heavy atom. The number of H-pyrrole nitrogens is 2. The summed E-state index contributed by atoms with van der Waals surface area (Å²) in [6.07, 6.45) is 0. The zero-order valence-corrected chi connectivity index (χ0v) is 11.0. The van der Waals surface area contributed by atoms with Gasteiger partial charge in [-0.3, -0.25) is 15.0 Å². The largest absolute Gasteiger partial charge is 0.381 e. The molecule has 0 saturated carbocycles. The summed E-state index contributed by atoms with van der Waals surface area (Å²) in [5, 5.41) is 12.9. The van der Waals surface area contributed by atoms with Gasteiger partial charge in [0.15, 0.2) is 0 Å². The number of hydrogen-bond acceptors (Lipinski definition) is 3. The molecule has 0 radical (unpaired) electrons. The van der Waals surface area contributed by atoms with Crippen LogP contribution < -0.4 is 10.9 Å². The Bertz CT molecular complexity index is 695. The summed E-state index contributed by atoms with van der Waals surface area (Å²) in [4.78, 5) is 11.1. The number of thiophene rings is 1. The molecule has 0 saturated heterocycles. The van der Waals surface area contributed by atoms with Gasteiger partial charge in [0.2, 0.25) is 0 Å². The van der Waals surface area contributed by atoms with Crippen molar-refractivity contribution in [1.82, 2.24) is 10.2 Å². The van der Waals surface area contributed by atoms with E-state index >= 15 is 0 Å². The summed E-state index contributed by atoms with van der Waals surface area (Å²) < 4.78 is 0. The van der Waals surface area contributed by atoms with Crippen molar-refractivity contribution in [2.45, 2.75) is 6.54 Å². The summed E-state index contributed by atoms with van der Waals surface area (Å²) >= 11 is 1.70. The first-order valence-corrected chi connectivity index (χ1v) is 6.88. The predicted octanol–water partition coefficient (Wildman–Crippen LogP) is 3.04. The molecular formula is C14H13N3OS. The third kappa shape index (κ3) is 2.77. The highest BCUT2D eigenvalue weighted by atomic mass is 32.1. The van der Waals surface area contributed by atoms with Gasteiger partial charge >= 0.3 is 0 Å². The zero-order chi connectivity index (χ0) is 13.1. The Morgan fingerprint density at radius 2 is 1.95 bits per heavy atom. The molecule has 5 heteroatoms. The Hall–Kier alpha value is -2.27. The van der Waals surface area contributed by atoms with Crippen molar-refractivity contribution in [3.8, 4) is 11.3 Å². The van der Waals surface area contributed by atoms with Crippen molar-refractivity contribution in [1.29, 1.82) is 0 Å². The van der Waals surface area contributed by atoms with Gasteiger partial charge in [-0.05, 0) is 40.1 Å². The van der Waals surface area contributed by atoms with Crippen LogP contribution in [-0.4, -0.2) is 10.2 Å². The first kappa shape index (κ1) is 11.8. The molecule has 4 nitrogen and oxygen atoms in total. The molecule has 0 bridgehead atoms. The SMILES string of the molecule is O=c1cc(-c2ccc(NCc3ccsc3)cc2)[nH][nH]1. The Labute approximate surface area is 114 Å². The third-order valence-corrected chi connectivity index (χ3v) is 3.60. The van der Waals surface area contributed by atoms with Gasteiger partial charge in [-0.1, -0.05) is 12.1 Å². The fourth-order valence-electron chi connectivity index (χ4n) is 1.85. The van der Waals surface area contributed by atoms with E-state index in [2.05, 4.69) is 32.3 Å². The van der Waals surface area contributed by atoms with E-state index in [1.807, 2.05) is 24.3 Å². The maximum absolute atomic E-state index is 11.1. The lowest BCUT2D eigenvalue weighted by atomic mass is 10.1. The minimum atomic E-state index is -0.116. The Kier molecular flexibility index (Phi) is 3.20. The highest BCUT2D eigenvalue weighted by Gasteiger charge is 2.00. The van der Waals surface area contributed by atoms with Crippen LogP contribution in [0.3, 0.4) is 0 Å². The predicted molar refractivity (Wildman–Crippen MR) is 78.5 cm³/mol. The van der Waals surface area contributed by atoms with Crippen molar-refractivity contribution in [3.05, 3.63) is 63.1 Å². The first-order chi connectivity index (χ1) is 9.31. The maximum atomic E-state index is 11.1. The van der Waals surface area contributed by atoms with E-state index in [1.54, 1.807) is 17.4 Å². The summed E-state index contributed by atoms with van der Waals surface area (Å²) in [5.41, 5.74) is 4.01. The summed E-state index contributed by atoms with van der Waals surface area (Å²) in [5.74, 6) is 0. The van der Waals surface area contributed by atoms with Crippen LogP contribution in [0.25, 0.3) is 11.3 Å². The fraction of sp³-hybridized carbons (Fsp3) is 0.0714. The van der Waals surface area contributed by atoms with Crippen molar-refractivity contribution >= 4 is 17.0 Å². The Morgan fingerprint density at radius 1 is 1.11 bits per heavy atom. The van der Waals surface area contributed by atoms with Crippen LogP contribution in [0.4, 0.5) is 5.69 Å². The molecule has 0 aliphatic rings. The van der Waals surface area contributed by atoms with E-state index in [1.165, 1.54) is 5.56 Å². The van der Waals surface area contributed by atoms with Crippen LogP contribution in [0.5, 0.6) is 0 Å². The normalized spacial score (nSPS) is 10.5. The van der Waals surface area contributed by atoms with E-state index in [4.69, 9.17) is 0 Å². The van der Waals surface area contributed by atoms with Crippen LogP contribution in [0.15, 0.2) is 52.0 Å². The highest BCUT2D eigenvalue weighted by Crippen LogP contribution is 2.18. The molecule has 0 atom stereocenters. The molecule has 2 aromatic heterocycles. The number of benzene rings is 1. The second-order valence-corrected chi connectivity index (χ2v) is 5.01. The quantitative estimate of drug-likeness (QED) is 0.683. The van der Waals surface area contributed by atoms with Gasteiger partial charge in [-0.25, -0.2) is 0 Å². The lowest BCUT2D eigenvalue weighted by molar-refractivity contribution is 1.06. The second-order valence-electron chi connectivity index (χ2n) is 4.23. The molecule has 0 spiro atoms. The van der Waals surface area contributed by atoms with Gasteiger partial charge in [-0.15, -0.1) is 0 Å². The average Bonchev–Trinajstić information content (AvgIpc) is 3.08. The van der Waals surface area contributed by atoms with Gasteiger partial charge in [0.05, 0.1) is 5.69 Å². The zero-order valence-electron chi connectivity index (χ0n) is 10.1. The summed E-state index contributed by atoms with van der Waals surface area (Å²) in [7, 11) is 0. The van der Waals surface area contributed by atoms with Crippen LogP contribution in [0.1, 0.15) is 5.56 Å². The number of aromatic nitrogens is 2. The molecule has 96 valence electrons. The number of aromatic amines is 2. The number of nitrogens with one attached hydrogen (secondary N) is 3. The monoisotopic (exact) mass is 271 g/mol. The molecular weight excluding hydrogens is 258 g/mol. The fourth-order valence-corrected chi connectivity index (χ4v) is 2.52. The second kappa shape index (κ2) is 5.16. The molecule has 0 aliphatic carbocycles. The Balaban J connectivity index is 1.70. The first-order valence-electron chi connectivity index (χ1n) is 5.94. The van der Waals surface area contributed by atoms with E-state index in [0.717, 1.165) is 23.5 Å². The van der Waals surface area contributed by atoms with Crippen LogP contribution in [-0.2, 0) is 6.54 Å². The number of rotatable bonds is 4. The van der Waals surface area contributed by atoms with Gasteiger partial charge in [-0.2, -0.15) is 11.3 Å². The van der Waals surface area contributed by atoms with Crippen LogP contribution in [0.2, 0.25) is 0 Å². The minimum absolute atomic E-state index is 0.116. The highest BCUT2D eigenvalue weighted by molar-refractivity contribution is 7.07. The van der Waals surface area contributed by atoms with Gasteiger partial charge in [0.25, 0.3) is 5.56 Å². The van der Waals surface area contributed by atoms with Crippen molar-refractivity contribution < 1.29 is 0 Å². The molecule has 0 amide bonds. The van der Waals surface area contributed by atoms with E-state index in [9.17, 15) is 4.79 Å². The van der Waals surface area contributed by atoms with Crippen LogP contribution in [0, 0.1) is 0 Å². The molecule has 2 heterocycles. The van der Waals surface area contributed by atoms with Crippen molar-refractivity contribution in [2.75, 3.05) is 5.32 Å². The average molecular weight is 271 g/mol. The molecule has 3 aromatic rings. The van der Waals surface area contributed by atoms with E-state index in [0.29, 0.717) is 0 Å². The van der Waals surface area contributed by atoms with E-state index in [-0.39, 0.29) is 5.56 Å². The molecule has 0 aliphatic heterocycles. The lowest BCUT2D eigenvalue weighted by Crippen LogP contribution is -1.97. The molecule has 3 rings (SSSR count). The van der Waals surface area contributed by atoms with Crippen molar-refractivity contribution in [2.24, 2.45) is 0 Å². The summed E-state index contributed by atoms with van der Waals surface area (Å²) in [6, 6.07) is 11.6. The minimum Gasteiger partial charge on any atom is -0.381 e. The molecule has 19 heavy (non-hydrogen) atoms. The van der Waals surface area contributed by atoms with Crippen molar-refractivity contribution in [3.63, 3.8) is 0 Å². The third-order valence-electron chi connectivity index (χ3n) is 2.87. The van der Waals surface area contributed by atoms with Gasteiger partial charge in [0, 0.05) is 18.3 Å². The van der Waals surface area contributed by atoms with E-state index < -0.39 is 0 Å². The molecule has 3 N–H and O–H groups in total. The van der Waals surface area contributed by atoms with Gasteiger partial charge in [0.1, 0.15) is 0 Å². The maximum Gasteiger partial charge on any atom is 0.264 e. The molecule has 1 aromatic carbocycles. The number of hydrogen-bond donors (Lipinski definition) is 3. The number of anilines is 1.